The molecule has 1 heterocycles. The molecule has 0 aromatic heterocycles. The maximum absolute atomic E-state index is 11.9. The van der Waals surface area contributed by atoms with Gasteiger partial charge in [0.05, 0.1) is 6.61 Å². The highest BCUT2D eigenvalue weighted by molar-refractivity contribution is 6.30. The Morgan fingerprint density at radius 1 is 1.50 bits per heavy atom. The molecule has 1 aliphatic heterocycles. The minimum Gasteiger partial charge on any atom is -0.384 e. The molecule has 0 spiro atoms. The van der Waals surface area contributed by atoms with Crippen LogP contribution < -0.4 is 0 Å². The maximum Gasteiger partial charge on any atom is 0.240 e. The fourth-order valence-electron chi connectivity index (χ4n) is 2.13. The third-order valence-corrected chi connectivity index (χ3v) is 3.90. The summed E-state index contributed by atoms with van der Waals surface area (Å²) in [5.74, 6) is 0.0867. The second-order valence-electron chi connectivity index (χ2n) is 4.94. The maximum atomic E-state index is 11.9. The van der Waals surface area contributed by atoms with Crippen molar-refractivity contribution in [3.63, 3.8) is 0 Å². The van der Waals surface area contributed by atoms with Crippen LogP contribution in [0.5, 0.6) is 0 Å². The molecule has 4 heteroatoms. The van der Waals surface area contributed by atoms with E-state index < -0.39 is 0 Å². The molecule has 94 valence electrons. The van der Waals surface area contributed by atoms with Crippen LogP contribution in [0.25, 0.3) is 0 Å². The molecule has 1 rings (SSSR count). The van der Waals surface area contributed by atoms with E-state index in [4.69, 9.17) is 16.3 Å². The van der Waals surface area contributed by atoms with E-state index in [2.05, 4.69) is 6.92 Å². The number of ether oxygens (including phenoxy) is 1. The molecule has 0 bridgehead atoms. The van der Waals surface area contributed by atoms with Gasteiger partial charge in [-0.2, -0.15) is 0 Å². The molecule has 1 fully saturated rings. The van der Waals surface area contributed by atoms with Crippen LogP contribution in [-0.2, 0) is 9.53 Å². The highest BCUT2D eigenvalue weighted by Crippen LogP contribution is 2.31. The summed E-state index contributed by atoms with van der Waals surface area (Å²) in [5, 5.41) is -0.355. The Labute approximate surface area is 103 Å². The molecule has 1 aliphatic rings. The second-order valence-corrected chi connectivity index (χ2v) is 5.47. The summed E-state index contributed by atoms with van der Waals surface area (Å²) in [6, 6.07) is 0. The summed E-state index contributed by atoms with van der Waals surface area (Å²) in [5.41, 5.74) is 0.222. The standard InChI is InChI=1S/C12H22ClNO2/c1-4-10(13)11(15)14-7-5-12(2,6-8-14)9-16-3/h10H,4-9H2,1-3H3. The lowest BCUT2D eigenvalue weighted by atomic mass is 9.81. The van der Waals surface area contributed by atoms with E-state index in [1.807, 2.05) is 11.8 Å². The first-order valence-electron chi connectivity index (χ1n) is 5.94. The topological polar surface area (TPSA) is 29.5 Å². The highest BCUT2D eigenvalue weighted by Gasteiger charge is 2.33. The number of methoxy groups -OCH3 is 1. The van der Waals surface area contributed by atoms with Crippen LogP contribution >= 0.6 is 11.6 Å². The van der Waals surface area contributed by atoms with Crippen LogP contribution in [0, 0.1) is 5.41 Å². The van der Waals surface area contributed by atoms with Crippen molar-refractivity contribution in [1.29, 1.82) is 0 Å². The van der Waals surface area contributed by atoms with Crippen LogP contribution in [0.3, 0.4) is 0 Å². The summed E-state index contributed by atoms with van der Waals surface area (Å²) in [6.07, 6.45) is 2.70. The normalized spacial score (nSPS) is 21.9. The fraction of sp³-hybridized carbons (Fsp3) is 0.917. The van der Waals surface area contributed by atoms with Crippen LogP contribution in [0.15, 0.2) is 0 Å². The summed E-state index contributed by atoms with van der Waals surface area (Å²) < 4.78 is 5.22. The number of halogens is 1. The first-order valence-corrected chi connectivity index (χ1v) is 6.38. The van der Waals surface area contributed by atoms with Gasteiger partial charge in [-0.1, -0.05) is 13.8 Å². The minimum absolute atomic E-state index is 0.0867. The summed E-state index contributed by atoms with van der Waals surface area (Å²) in [6.45, 7) is 6.54. The third-order valence-electron chi connectivity index (χ3n) is 3.40. The lowest BCUT2D eigenvalue weighted by Gasteiger charge is -2.39. The average molecular weight is 248 g/mol. The van der Waals surface area contributed by atoms with Gasteiger partial charge in [-0.05, 0) is 24.7 Å². The van der Waals surface area contributed by atoms with Gasteiger partial charge in [0.1, 0.15) is 5.38 Å². The Balaban J connectivity index is 2.45. The Bertz CT molecular complexity index is 237. The van der Waals surface area contributed by atoms with Crippen LogP contribution in [-0.4, -0.2) is 43.0 Å². The molecule has 0 aromatic rings. The van der Waals surface area contributed by atoms with Crippen LogP contribution in [0.1, 0.15) is 33.1 Å². The number of likely N-dealkylation sites (tertiary alicyclic amines) is 1. The second kappa shape index (κ2) is 5.87. The quantitative estimate of drug-likeness (QED) is 0.714. The zero-order chi connectivity index (χ0) is 12.2. The highest BCUT2D eigenvalue weighted by atomic mass is 35.5. The van der Waals surface area contributed by atoms with Crippen molar-refractivity contribution in [2.45, 2.75) is 38.5 Å². The van der Waals surface area contributed by atoms with Gasteiger partial charge in [0.25, 0.3) is 0 Å². The zero-order valence-electron chi connectivity index (χ0n) is 10.5. The molecule has 3 nitrogen and oxygen atoms in total. The fourth-order valence-corrected chi connectivity index (χ4v) is 2.27. The molecule has 16 heavy (non-hydrogen) atoms. The van der Waals surface area contributed by atoms with Gasteiger partial charge in [-0.3, -0.25) is 4.79 Å². The van der Waals surface area contributed by atoms with Crippen molar-refractivity contribution >= 4 is 17.5 Å². The molecule has 1 saturated heterocycles. The van der Waals surface area contributed by atoms with Gasteiger partial charge in [-0.25, -0.2) is 0 Å². The van der Waals surface area contributed by atoms with E-state index in [1.165, 1.54) is 0 Å². The minimum atomic E-state index is -0.355. The van der Waals surface area contributed by atoms with E-state index in [0.717, 1.165) is 32.5 Å². The zero-order valence-corrected chi connectivity index (χ0v) is 11.2. The Morgan fingerprint density at radius 3 is 2.50 bits per heavy atom. The Kier molecular flexibility index (Phi) is 5.06. The van der Waals surface area contributed by atoms with Gasteiger partial charge in [0.15, 0.2) is 0 Å². The van der Waals surface area contributed by atoms with Crippen molar-refractivity contribution in [3.8, 4) is 0 Å². The predicted octanol–water partition coefficient (Wildman–Crippen LogP) is 2.28. The number of nitrogens with zero attached hydrogens (tertiary/aromatic N) is 1. The van der Waals surface area contributed by atoms with Crippen LogP contribution in [0.4, 0.5) is 0 Å². The predicted molar refractivity (Wildman–Crippen MR) is 65.7 cm³/mol. The van der Waals surface area contributed by atoms with Crippen molar-refractivity contribution in [1.82, 2.24) is 4.90 Å². The van der Waals surface area contributed by atoms with Crippen molar-refractivity contribution in [2.75, 3.05) is 26.8 Å². The molecule has 1 amide bonds. The lowest BCUT2D eigenvalue weighted by Crippen LogP contribution is -2.46. The Hall–Kier alpha value is -0.280. The largest absolute Gasteiger partial charge is 0.384 e. The number of carbonyl (C=O) groups is 1. The molecule has 1 atom stereocenters. The van der Waals surface area contributed by atoms with E-state index in [0.29, 0.717) is 6.42 Å². The molecule has 0 aromatic carbocycles. The first kappa shape index (κ1) is 13.8. The molecular weight excluding hydrogens is 226 g/mol. The molecule has 0 aliphatic carbocycles. The van der Waals surface area contributed by atoms with Gasteiger partial charge in [0.2, 0.25) is 5.91 Å². The van der Waals surface area contributed by atoms with Gasteiger partial charge in [-0.15, -0.1) is 11.6 Å². The summed E-state index contributed by atoms with van der Waals surface area (Å²) in [4.78, 5) is 13.7. The van der Waals surface area contributed by atoms with Crippen molar-refractivity contribution < 1.29 is 9.53 Å². The first-order chi connectivity index (χ1) is 7.52. The van der Waals surface area contributed by atoms with Crippen LogP contribution in [0.2, 0.25) is 0 Å². The Morgan fingerprint density at radius 2 is 2.06 bits per heavy atom. The van der Waals surface area contributed by atoms with E-state index in [-0.39, 0.29) is 16.7 Å². The number of alkyl halides is 1. The number of amides is 1. The van der Waals surface area contributed by atoms with E-state index in [9.17, 15) is 4.79 Å². The summed E-state index contributed by atoms with van der Waals surface area (Å²) in [7, 11) is 1.73. The van der Waals surface area contributed by atoms with Gasteiger partial charge < -0.3 is 9.64 Å². The summed E-state index contributed by atoms with van der Waals surface area (Å²) >= 11 is 5.97. The molecular formula is C12H22ClNO2. The van der Waals surface area contributed by atoms with E-state index in [1.54, 1.807) is 7.11 Å². The smallest absolute Gasteiger partial charge is 0.240 e. The molecule has 1 unspecified atom stereocenters. The number of rotatable bonds is 4. The monoisotopic (exact) mass is 247 g/mol. The number of hydrogen-bond acceptors (Lipinski definition) is 2. The SMILES string of the molecule is CCC(Cl)C(=O)N1CCC(C)(COC)CC1. The number of piperidine rings is 1. The molecule has 0 radical (unpaired) electrons. The van der Waals surface area contributed by atoms with Gasteiger partial charge >= 0.3 is 0 Å². The molecule has 0 N–H and O–H groups in total. The molecule has 0 saturated carbocycles. The van der Waals surface area contributed by atoms with E-state index >= 15 is 0 Å². The number of carbonyl (C=O) groups excluding carboxylic acids is 1. The third kappa shape index (κ3) is 3.36. The average Bonchev–Trinajstić information content (AvgIpc) is 2.28. The van der Waals surface area contributed by atoms with Crippen molar-refractivity contribution in [2.24, 2.45) is 5.41 Å². The van der Waals surface area contributed by atoms with Gasteiger partial charge in [0, 0.05) is 20.2 Å². The lowest BCUT2D eigenvalue weighted by molar-refractivity contribution is -0.133. The van der Waals surface area contributed by atoms with Crippen molar-refractivity contribution in [3.05, 3.63) is 0 Å². The number of hydrogen-bond donors (Lipinski definition) is 0.